The van der Waals surface area contributed by atoms with E-state index in [4.69, 9.17) is 5.11 Å². The summed E-state index contributed by atoms with van der Waals surface area (Å²) in [4.78, 5) is 10.2. The highest BCUT2D eigenvalue weighted by atomic mass is 79.9. The molecule has 1 atom stereocenters. The number of hydrogen-bond acceptors (Lipinski definition) is 3. The fourth-order valence-corrected chi connectivity index (χ4v) is 3.44. The molecule has 5 nitrogen and oxygen atoms in total. The molecule has 0 heterocycles. The predicted octanol–water partition coefficient (Wildman–Crippen LogP) is 2.56. The molecule has 118 valence electrons. The number of carboxylic acid groups (broad SMARTS) is 1. The van der Waals surface area contributed by atoms with Crippen molar-refractivity contribution >= 4 is 31.9 Å². The van der Waals surface area contributed by atoms with Crippen LogP contribution < -0.4 is 0 Å². The number of halogens is 4. The molecule has 0 fully saturated rings. The SMILES string of the molecule is CC(C(=O)O)N(C)S(=O)(=O)c1cc(Br)cc(C(F)(F)F)c1. The van der Waals surface area contributed by atoms with Gasteiger partial charge in [-0.1, -0.05) is 15.9 Å². The number of nitrogens with zero attached hydrogens (tertiary/aromatic N) is 1. The smallest absolute Gasteiger partial charge is 0.416 e. The van der Waals surface area contributed by atoms with Gasteiger partial charge in [0.15, 0.2) is 0 Å². The molecule has 0 aromatic heterocycles. The number of alkyl halides is 3. The predicted molar refractivity (Wildman–Crippen MR) is 71.2 cm³/mol. The van der Waals surface area contributed by atoms with E-state index in [2.05, 4.69) is 15.9 Å². The van der Waals surface area contributed by atoms with Crippen molar-refractivity contribution in [2.45, 2.75) is 24.0 Å². The van der Waals surface area contributed by atoms with Crippen LogP contribution in [0.2, 0.25) is 0 Å². The van der Waals surface area contributed by atoms with E-state index >= 15 is 0 Å². The molecule has 1 aromatic carbocycles. The molecule has 1 N–H and O–H groups in total. The van der Waals surface area contributed by atoms with Gasteiger partial charge in [-0.15, -0.1) is 0 Å². The lowest BCUT2D eigenvalue weighted by atomic mass is 10.2. The van der Waals surface area contributed by atoms with Gasteiger partial charge in [0.25, 0.3) is 0 Å². The molecule has 0 radical (unpaired) electrons. The van der Waals surface area contributed by atoms with Gasteiger partial charge >= 0.3 is 12.1 Å². The summed E-state index contributed by atoms with van der Waals surface area (Å²) in [5.74, 6) is -1.41. The maximum absolute atomic E-state index is 12.7. The van der Waals surface area contributed by atoms with Crippen LogP contribution in [0.4, 0.5) is 13.2 Å². The topological polar surface area (TPSA) is 74.7 Å². The van der Waals surface area contributed by atoms with Crippen molar-refractivity contribution in [2.24, 2.45) is 0 Å². The Hall–Kier alpha value is -1.13. The second-order valence-corrected chi connectivity index (χ2v) is 7.12. The Balaban J connectivity index is 3.39. The van der Waals surface area contributed by atoms with Crippen molar-refractivity contribution in [1.29, 1.82) is 0 Å². The first-order valence-corrected chi connectivity index (χ1v) is 7.69. The van der Waals surface area contributed by atoms with Crippen LogP contribution in [0.5, 0.6) is 0 Å². The van der Waals surface area contributed by atoms with Crippen molar-refractivity contribution in [3.05, 3.63) is 28.2 Å². The molecule has 1 rings (SSSR count). The van der Waals surface area contributed by atoms with Gasteiger partial charge in [-0.3, -0.25) is 4.79 Å². The second kappa shape index (κ2) is 5.93. The first kappa shape index (κ1) is 17.9. The van der Waals surface area contributed by atoms with Crippen molar-refractivity contribution in [2.75, 3.05) is 7.05 Å². The Morgan fingerprint density at radius 3 is 2.29 bits per heavy atom. The van der Waals surface area contributed by atoms with E-state index in [1.54, 1.807) is 0 Å². The highest BCUT2D eigenvalue weighted by molar-refractivity contribution is 9.10. The highest BCUT2D eigenvalue weighted by Gasteiger charge is 2.35. The minimum atomic E-state index is -4.72. The fraction of sp³-hybridized carbons (Fsp3) is 0.364. The molecule has 1 unspecified atom stereocenters. The molecule has 0 bridgehead atoms. The molecule has 0 spiro atoms. The molecular formula is C11H11BrF3NO4S. The largest absolute Gasteiger partial charge is 0.480 e. The van der Waals surface area contributed by atoms with E-state index < -0.39 is 38.7 Å². The monoisotopic (exact) mass is 389 g/mol. The van der Waals surface area contributed by atoms with Gasteiger partial charge in [0.1, 0.15) is 6.04 Å². The van der Waals surface area contributed by atoms with Crippen LogP contribution in [0.25, 0.3) is 0 Å². The summed E-state index contributed by atoms with van der Waals surface area (Å²) in [7, 11) is -3.38. The van der Waals surface area contributed by atoms with Gasteiger partial charge in [0, 0.05) is 11.5 Å². The Labute approximate surface area is 127 Å². The van der Waals surface area contributed by atoms with Gasteiger partial charge < -0.3 is 5.11 Å². The Morgan fingerprint density at radius 1 is 1.33 bits per heavy atom. The summed E-state index contributed by atoms with van der Waals surface area (Å²) in [5, 5.41) is 8.81. The van der Waals surface area contributed by atoms with Crippen molar-refractivity contribution < 1.29 is 31.5 Å². The third-order valence-electron chi connectivity index (χ3n) is 2.78. The van der Waals surface area contributed by atoms with Crippen LogP contribution in [0.15, 0.2) is 27.6 Å². The zero-order valence-electron chi connectivity index (χ0n) is 10.8. The molecule has 0 saturated carbocycles. The number of likely N-dealkylation sites (N-methyl/N-ethyl adjacent to an activating group) is 1. The number of carboxylic acids is 1. The zero-order valence-corrected chi connectivity index (χ0v) is 13.3. The molecule has 0 aliphatic rings. The summed E-state index contributed by atoms with van der Waals surface area (Å²) in [6, 6.07) is 0.767. The van der Waals surface area contributed by atoms with E-state index in [0.29, 0.717) is 10.4 Å². The number of sulfonamides is 1. The van der Waals surface area contributed by atoms with Crippen LogP contribution in [0, 0.1) is 0 Å². The molecule has 1 aromatic rings. The molecule has 0 aliphatic carbocycles. The summed E-state index contributed by atoms with van der Waals surface area (Å²) < 4.78 is 62.9. The lowest BCUT2D eigenvalue weighted by molar-refractivity contribution is -0.140. The Kier molecular flexibility index (Phi) is 5.06. The van der Waals surface area contributed by atoms with Crippen molar-refractivity contribution in [3.8, 4) is 0 Å². The molecule has 0 saturated heterocycles. The summed E-state index contributed by atoms with van der Waals surface area (Å²) >= 11 is 2.81. The zero-order chi connectivity index (χ0) is 16.6. The van der Waals surface area contributed by atoms with Gasteiger partial charge in [-0.05, 0) is 25.1 Å². The third-order valence-corrected chi connectivity index (χ3v) is 5.14. The van der Waals surface area contributed by atoms with E-state index in [0.717, 1.165) is 26.1 Å². The number of hydrogen-bond donors (Lipinski definition) is 1. The van der Waals surface area contributed by atoms with Crippen molar-refractivity contribution in [1.82, 2.24) is 4.31 Å². The van der Waals surface area contributed by atoms with Gasteiger partial charge in [-0.2, -0.15) is 17.5 Å². The minimum absolute atomic E-state index is 0.0766. The fourth-order valence-electron chi connectivity index (χ4n) is 1.41. The molecular weight excluding hydrogens is 379 g/mol. The van der Waals surface area contributed by atoms with Crippen LogP contribution in [-0.2, 0) is 21.0 Å². The average molecular weight is 390 g/mol. The maximum atomic E-state index is 12.7. The Bertz CT molecular complexity index is 660. The Morgan fingerprint density at radius 2 is 1.86 bits per heavy atom. The quantitative estimate of drug-likeness (QED) is 0.858. The first-order valence-electron chi connectivity index (χ1n) is 5.46. The number of carbonyl (C=O) groups is 1. The first-order chi connectivity index (χ1) is 9.37. The standard InChI is InChI=1S/C11H11BrF3NO4S/c1-6(10(17)18)16(2)21(19,20)9-4-7(11(13,14)15)3-8(12)5-9/h3-6H,1-2H3,(H,17,18). The molecule has 10 heteroatoms. The van der Waals surface area contributed by atoms with Crippen LogP contribution in [-0.4, -0.2) is 36.9 Å². The number of rotatable bonds is 4. The van der Waals surface area contributed by atoms with E-state index in [9.17, 15) is 26.4 Å². The summed E-state index contributed by atoms with van der Waals surface area (Å²) in [5.41, 5.74) is -1.15. The molecule has 21 heavy (non-hydrogen) atoms. The summed E-state index contributed by atoms with van der Waals surface area (Å²) in [6.07, 6.45) is -4.72. The maximum Gasteiger partial charge on any atom is 0.416 e. The minimum Gasteiger partial charge on any atom is -0.480 e. The summed E-state index contributed by atoms with van der Waals surface area (Å²) in [6.45, 7) is 1.11. The molecule has 0 aliphatic heterocycles. The van der Waals surface area contributed by atoms with Crippen LogP contribution in [0.1, 0.15) is 12.5 Å². The van der Waals surface area contributed by atoms with Crippen LogP contribution >= 0.6 is 15.9 Å². The van der Waals surface area contributed by atoms with Gasteiger partial charge in [0.05, 0.1) is 10.5 Å². The van der Waals surface area contributed by atoms with E-state index in [1.165, 1.54) is 0 Å². The second-order valence-electron chi connectivity index (χ2n) is 4.21. The van der Waals surface area contributed by atoms with Crippen LogP contribution in [0.3, 0.4) is 0 Å². The van der Waals surface area contributed by atoms with E-state index in [1.807, 2.05) is 0 Å². The third kappa shape index (κ3) is 3.95. The number of aliphatic carboxylic acids is 1. The lowest BCUT2D eigenvalue weighted by Crippen LogP contribution is -2.40. The van der Waals surface area contributed by atoms with Gasteiger partial charge in [0.2, 0.25) is 10.0 Å². The lowest BCUT2D eigenvalue weighted by Gasteiger charge is -2.21. The highest BCUT2D eigenvalue weighted by Crippen LogP contribution is 2.33. The molecule has 0 amide bonds. The normalized spacial score (nSPS) is 14.2. The van der Waals surface area contributed by atoms with Crippen molar-refractivity contribution in [3.63, 3.8) is 0 Å². The van der Waals surface area contributed by atoms with E-state index in [-0.39, 0.29) is 4.47 Å². The average Bonchev–Trinajstić information content (AvgIpc) is 2.34. The van der Waals surface area contributed by atoms with Gasteiger partial charge in [-0.25, -0.2) is 8.42 Å². The number of benzene rings is 1.